The number of hydrogen-bond acceptors (Lipinski definition) is 21. The van der Waals surface area contributed by atoms with E-state index in [9.17, 15) is 71.5 Å². The molecule has 4 heterocycles. The fraction of sp³-hybridized carbons (Fsp3) is 1.00. The lowest BCUT2D eigenvalue weighted by atomic mass is 9.96. The first-order chi connectivity index (χ1) is 21.2. The van der Waals surface area contributed by atoms with Crippen LogP contribution in [0.1, 0.15) is 0 Å². The van der Waals surface area contributed by atoms with E-state index in [1.54, 1.807) is 0 Å². The van der Waals surface area contributed by atoms with Gasteiger partial charge in [-0.3, -0.25) is 0 Å². The molecule has 264 valence electrons. The molecule has 0 bridgehead atoms. The van der Waals surface area contributed by atoms with Gasteiger partial charge in [0.05, 0.1) is 26.4 Å². The van der Waals surface area contributed by atoms with E-state index in [4.69, 9.17) is 33.2 Å². The second-order valence-electron chi connectivity index (χ2n) is 11.2. The van der Waals surface area contributed by atoms with E-state index in [0.29, 0.717) is 0 Å². The minimum Gasteiger partial charge on any atom is -0.394 e. The van der Waals surface area contributed by atoms with Gasteiger partial charge in [-0.25, -0.2) is 0 Å². The second-order valence-corrected chi connectivity index (χ2v) is 11.2. The highest BCUT2D eigenvalue weighted by molar-refractivity contribution is 4.97. The Labute approximate surface area is 254 Å². The molecule has 45 heavy (non-hydrogen) atoms. The maximum atomic E-state index is 10.9. The second kappa shape index (κ2) is 15.6. The summed E-state index contributed by atoms with van der Waals surface area (Å²) in [5, 5.41) is 142. The molecule has 4 aliphatic rings. The number of rotatable bonds is 10. The Morgan fingerprint density at radius 1 is 0.378 bits per heavy atom. The normalized spacial score (nSPS) is 52.9. The van der Waals surface area contributed by atoms with Gasteiger partial charge in [-0.15, -0.1) is 0 Å². The quantitative estimate of drug-likeness (QED) is 0.103. The first-order valence-electron chi connectivity index (χ1n) is 14.1. The fourth-order valence-corrected chi connectivity index (χ4v) is 5.44. The van der Waals surface area contributed by atoms with E-state index in [2.05, 4.69) is 0 Å². The predicted molar refractivity (Wildman–Crippen MR) is 134 cm³/mol. The monoisotopic (exact) mass is 666 g/mol. The summed E-state index contributed by atoms with van der Waals surface area (Å²) in [6, 6.07) is 0. The summed E-state index contributed by atoms with van der Waals surface area (Å²) in [4.78, 5) is 0. The first kappa shape index (κ1) is 37.0. The van der Waals surface area contributed by atoms with Crippen molar-refractivity contribution in [1.82, 2.24) is 0 Å². The molecular weight excluding hydrogens is 624 g/mol. The van der Waals surface area contributed by atoms with Crippen LogP contribution < -0.4 is 0 Å². The first-order valence-corrected chi connectivity index (χ1v) is 14.1. The van der Waals surface area contributed by atoms with E-state index in [1.165, 1.54) is 0 Å². The zero-order valence-corrected chi connectivity index (χ0v) is 23.5. The van der Waals surface area contributed by atoms with E-state index in [0.717, 1.165) is 0 Å². The van der Waals surface area contributed by atoms with Gasteiger partial charge in [0, 0.05) is 0 Å². The molecule has 20 atom stereocenters. The molecule has 0 aliphatic carbocycles. The molecule has 0 aromatic carbocycles. The zero-order valence-electron chi connectivity index (χ0n) is 23.5. The Bertz CT molecular complexity index is 912. The van der Waals surface area contributed by atoms with Crippen LogP contribution in [0.4, 0.5) is 0 Å². The zero-order chi connectivity index (χ0) is 33.3. The summed E-state index contributed by atoms with van der Waals surface area (Å²) in [6.07, 6.45) is -35.2. The van der Waals surface area contributed by atoms with Crippen molar-refractivity contribution in [3.8, 4) is 0 Å². The molecule has 1 unspecified atom stereocenters. The van der Waals surface area contributed by atoms with Crippen LogP contribution in [-0.4, -0.2) is 221 Å². The van der Waals surface area contributed by atoms with Crippen LogP contribution in [0.25, 0.3) is 0 Å². The van der Waals surface area contributed by atoms with Crippen molar-refractivity contribution >= 4 is 0 Å². The Morgan fingerprint density at radius 2 is 0.778 bits per heavy atom. The molecule has 21 heteroatoms. The van der Waals surface area contributed by atoms with Gasteiger partial charge in [0.15, 0.2) is 25.2 Å². The summed E-state index contributed by atoms with van der Waals surface area (Å²) in [6.45, 7) is -3.15. The minimum atomic E-state index is -2.04. The largest absolute Gasteiger partial charge is 0.394 e. The lowest BCUT2D eigenvalue weighted by Crippen LogP contribution is -2.66. The molecule has 0 spiro atoms. The summed E-state index contributed by atoms with van der Waals surface area (Å²) in [5.41, 5.74) is 0. The Hall–Kier alpha value is -0.840. The predicted octanol–water partition coefficient (Wildman–Crippen LogP) is -9.75. The van der Waals surface area contributed by atoms with Crippen LogP contribution in [-0.2, 0) is 33.2 Å². The average molecular weight is 667 g/mol. The fourth-order valence-electron chi connectivity index (χ4n) is 5.44. The lowest BCUT2D eigenvalue weighted by Gasteiger charge is -2.48. The van der Waals surface area contributed by atoms with Crippen LogP contribution in [0.15, 0.2) is 0 Å². The van der Waals surface area contributed by atoms with Crippen LogP contribution in [0.2, 0.25) is 0 Å². The van der Waals surface area contributed by atoms with E-state index >= 15 is 0 Å². The Kier molecular flexibility index (Phi) is 12.8. The van der Waals surface area contributed by atoms with Crippen LogP contribution in [0.5, 0.6) is 0 Å². The molecule has 0 radical (unpaired) electrons. The molecule has 0 amide bonds. The van der Waals surface area contributed by atoms with Gasteiger partial charge in [0.2, 0.25) is 0 Å². The van der Waals surface area contributed by atoms with Crippen LogP contribution in [0, 0.1) is 0 Å². The Balaban J connectivity index is 1.45. The van der Waals surface area contributed by atoms with Crippen molar-refractivity contribution in [3.05, 3.63) is 0 Å². The lowest BCUT2D eigenvalue weighted by molar-refractivity contribution is -0.380. The van der Waals surface area contributed by atoms with Crippen LogP contribution in [0.3, 0.4) is 0 Å². The maximum Gasteiger partial charge on any atom is 0.187 e. The van der Waals surface area contributed by atoms with Crippen molar-refractivity contribution in [1.29, 1.82) is 0 Å². The third kappa shape index (κ3) is 7.59. The third-order valence-corrected chi connectivity index (χ3v) is 8.18. The van der Waals surface area contributed by atoms with Gasteiger partial charge in [0.25, 0.3) is 0 Å². The smallest absolute Gasteiger partial charge is 0.187 e. The van der Waals surface area contributed by atoms with Gasteiger partial charge in [-0.2, -0.15) is 0 Å². The average Bonchev–Trinajstić information content (AvgIpc) is 3.03. The minimum absolute atomic E-state index is 0.703. The number of aliphatic hydroxyl groups excluding tert-OH is 14. The summed E-state index contributed by atoms with van der Waals surface area (Å²) in [7, 11) is 0. The van der Waals surface area contributed by atoms with Crippen molar-refractivity contribution in [2.45, 2.75) is 123 Å². The molecule has 0 aromatic heterocycles. The van der Waals surface area contributed by atoms with Gasteiger partial charge < -0.3 is 105 Å². The molecular formula is C24H42O21. The van der Waals surface area contributed by atoms with E-state index < -0.39 is 149 Å². The molecule has 4 aliphatic heterocycles. The number of ether oxygens (including phenoxy) is 7. The molecule has 21 nitrogen and oxygen atoms in total. The molecule has 4 saturated heterocycles. The van der Waals surface area contributed by atoms with Gasteiger partial charge in [-0.05, 0) is 0 Å². The van der Waals surface area contributed by atoms with Crippen LogP contribution >= 0.6 is 0 Å². The molecule has 14 N–H and O–H groups in total. The van der Waals surface area contributed by atoms with Crippen molar-refractivity contribution < 1.29 is 105 Å². The number of aliphatic hydroxyl groups is 14. The summed E-state index contributed by atoms with van der Waals surface area (Å²) >= 11 is 0. The van der Waals surface area contributed by atoms with Gasteiger partial charge in [0.1, 0.15) is 97.7 Å². The summed E-state index contributed by atoms with van der Waals surface area (Å²) in [5.74, 6) is 0. The highest BCUT2D eigenvalue weighted by atomic mass is 16.8. The number of hydrogen-bond donors (Lipinski definition) is 14. The van der Waals surface area contributed by atoms with Crippen molar-refractivity contribution in [2.24, 2.45) is 0 Å². The maximum absolute atomic E-state index is 10.9. The van der Waals surface area contributed by atoms with E-state index in [-0.39, 0.29) is 0 Å². The highest BCUT2D eigenvalue weighted by Crippen LogP contribution is 2.33. The highest BCUT2D eigenvalue weighted by Gasteiger charge is 2.54. The van der Waals surface area contributed by atoms with Gasteiger partial charge >= 0.3 is 0 Å². The Morgan fingerprint density at radius 3 is 1.29 bits per heavy atom. The standard InChI is InChI=1S/C24H42O21/c25-1-5-9(28)11(30)16(35)22(41-5)39-4-8-20(13(32)15(34)21(38)40-8)45-24-18(37)14(33)19(7(3-27)43-24)44-23-17(36)12(31)10(29)6(2-26)42-23/h5-38H,1-4H2/t5-,6-,7-,8-,9+,10-,11+,12+,13-,14-,15+,16-,17+,18+,19-,20-,21?,22+,23+,24+/m1/s1. The van der Waals surface area contributed by atoms with Crippen molar-refractivity contribution in [2.75, 3.05) is 26.4 Å². The SMILES string of the molecule is OC[C@H]1O[C@H](OC[C@H]2OC(O)[C@@H](O)[C@@H](O)[C@@H]2O[C@@H]2O[C@H](CO)[C@@H](O[C@@H]3O[C@H](CO)[C@@H](O)[C@H](O)[C@@H]3O)[C@H](O)[C@@H]2O)[C@H](O)[C@@H](O)[C@H]1O. The molecule has 0 aromatic rings. The van der Waals surface area contributed by atoms with Gasteiger partial charge in [-0.1, -0.05) is 0 Å². The third-order valence-electron chi connectivity index (χ3n) is 8.18. The topological polar surface area (TPSA) is 348 Å². The van der Waals surface area contributed by atoms with E-state index in [1.807, 2.05) is 0 Å². The molecule has 4 fully saturated rings. The molecule has 0 saturated carbocycles. The molecule has 4 rings (SSSR count). The van der Waals surface area contributed by atoms with Crippen molar-refractivity contribution in [3.63, 3.8) is 0 Å². The summed E-state index contributed by atoms with van der Waals surface area (Å²) < 4.78 is 37.8.